The summed E-state index contributed by atoms with van der Waals surface area (Å²) in [5, 5.41) is 14.3. The first kappa shape index (κ1) is 20.0. The third kappa shape index (κ3) is 3.91. The molecule has 0 aliphatic rings. The van der Waals surface area contributed by atoms with Crippen LogP contribution in [0.5, 0.6) is 5.75 Å². The van der Waals surface area contributed by atoms with Crippen LogP contribution in [0.4, 0.5) is 11.5 Å². The molecule has 0 saturated heterocycles. The standard InChI is InChI=1S/C23H18N4O4/c1-14-21(23(28)26-20-12-9-16(13-24-20)27(29)30)18-5-3-4-6-19(18)25-22(14)15-7-10-17(31-2)11-8-15/h3-13H,1-2H3,(H,24,26,28). The summed E-state index contributed by atoms with van der Waals surface area (Å²) in [6.07, 6.45) is 1.11. The quantitative estimate of drug-likeness (QED) is 0.372. The lowest BCUT2D eigenvalue weighted by atomic mass is 9.97. The zero-order valence-corrected chi connectivity index (χ0v) is 16.8. The number of methoxy groups -OCH3 is 1. The van der Waals surface area contributed by atoms with Gasteiger partial charge in [-0.05, 0) is 48.9 Å². The number of hydrogen-bond acceptors (Lipinski definition) is 6. The fraction of sp³-hybridized carbons (Fsp3) is 0.0870. The summed E-state index contributed by atoms with van der Waals surface area (Å²) in [5.41, 5.74) is 3.25. The largest absolute Gasteiger partial charge is 0.497 e. The fourth-order valence-corrected chi connectivity index (χ4v) is 3.38. The van der Waals surface area contributed by atoms with Gasteiger partial charge in [0.2, 0.25) is 0 Å². The van der Waals surface area contributed by atoms with Crippen molar-refractivity contribution >= 4 is 28.3 Å². The van der Waals surface area contributed by atoms with E-state index in [9.17, 15) is 14.9 Å². The second-order valence-corrected chi connectivity index (χ2v) is 6.82. The molecule has 0 atom stereocenters. The van der Waals surface area contributed by atoms with Gasteiger partial charge in [-0.1, -0.05) is 18.2 Å². The number of hydrogen-bond donors (Lipinski definition) is 1. The predicted octanol–water partition coefficient (Wildman–Crippen LogP) is 4.77. The molecule has 0 radical (unpaired) electrons. The molecule has 2 aromatic heterocycles. The van der Waals surface area contributed by atoms with Crippen LogP contribution in [0.15, 0.2) is 66.9 Å². The molecule has 4 rings (SSSR count). The van der Waals surface area contributed by atoms with E-state index in [2.05, 4.69) is 10.3 Å². The highest BCUT2D eigenvalue weighted by Crippen LogP contribution is 2.31. The van der Waals surface area contributed by atoms with Gasteiger partial charge in [0, 0.05) is 17.0 Å². The van der Waals surface area contributed by atoms with E-state index in [-0.39, 0.29) is 17.4 Å². The number of nitro groups is 1. The fourth-order valence-electron chi connectivity index (χ4n) is 3.38. The normalized spacial score (nSPS) is 10.6. The van der Waals surface area contributed by atoms with Crippen LogP contribution in [-0.4, -0.2) is 27.9 Å². The molecule has 1 N–H and O–H groups in total. The van der Waals surface area contributed by atoms with Crippen LogP contribution >= 0.6 is 0 Å². The lowest BCUT2D eigenvalue weighted by Crippen LogP contribution is -2.16. The van der Waals surface area contributed by atoms with Gasteiger partial charge in [0.05, 0.1) is 28.8 Å². The van der Waals surface area contributed by atoms with E-state index in [0.29, 0.717) is 27.7 Å². The SMILES string of the molecule is COc1ccc(-c2nc3ccccc3c(C(=O)Nc3ccc([N+](=O)[O-])cn3)c2C)cc1. The Morgan fingerprint density at radius 2 is 1.81 bits per heavy atom. The highest BCUT2D eigenvalue weighted by Gasteiger charge is 2.19. The van der Waals surface area contributed by atoms with Crippen molar-refractivity contribution in [2.24, 2.45) is 0 Å². The van der Waals surface area contributed by atoms with Crippen molar-refractivity contribution in [2.75, 3.05) is 12.4 Å². The van der Waals surface area contributed by atoms with Crippen molar-refractivity contribution in [1.82, 2.24) is 9.97 Å². The summed E-state index contributed by atoms with van der Waals surface area (Å²) >= 11 is 0. The van der Waals surface area contributed by atoms with E-state index in [1.807, 2.05) is 55.5 Å². The Balaban J connectivity index is 1.79. The van der Waals surface area contributed by atoms with Crippen LogP contribution in [0.3, 0.4) is 0 Å². The molecule has 0 aliphatic heterocycles. The number of para-hydroxylation sites is 1. The second kappa shape index (κ2) is 8.19. The molecular formula is C23H18N4O4. The van der Waals surface area contributed by atoms with Gasteiger partial charge < -0.3 is 10.1 Å². The molecule has 2 heterocycles. The summed E-state index contributed by atoms with van der Waals surface area (Å²) < 4.78 is 5.22. The Kier molecular flexibility index (Phi) is 5.28. The van der Waals surface area contributed by atoms with Crippen LogP contribution in [0, 0.1) is 17.0 Å². The molecule has 4 aromatic rings. The molecule has 8 nitrogen and oxygen atoms in total. The number of nitrogens with one attached hydrogen (secondary N) is 1. The monoisotopic (exact) mass is 414 g/mol. The van der Waals surface area contributed by atoms with Gasteiger partial charge in [0.25, 0.3) is 11.6 Å². The number of ether oxygens (including phenoxy) is 1. The third-order valence-electron chi connectivity index (χ3n) is 4.93. The summed E-state index contributed by atoms with van der Waals surface area (Å²) in [6, 6.07) is 17.6. The molecule has 0 spiro atoms. The van der Waals surface area contributed by atoms with Gasteiger partial charge in [-0.2, -0.15) is 0 Å². The zero-order valence-electron chi connectivity index (χ0n) is 16.8. The van der Waals surface area contributed by atoms with E-state index in [0.717, 1.165) is 17.5 Å². The van der Waals surface area contributed by atoms with Crippen molar-refractivity contribution in [3.05, 3.63) is 88.1 Å². The number of amides is 1. The molecule has 8 heteroatoms. The maximum absolute atomic E-state index is 13.2. The van der Waals surface area contributed by atoms with Crippen molar-refractivity contribution in [1.29, 1.82) is 0 Å². The van der Waals surface area contributed by atoms with Crippen molar-refractivity contribution in [2.45, 2.75) is 6.92 Å². The van der Waals surface area contributed by atoms with Gasteiger partial charge in [-0.15, -0.1) is 0 Å². The highest BCUT2D eigenvalue weighted by molar-refractivity contribution is 6.14. The van der Waals surface area contributed by atoms with Crippen molar-refractivity contribution in [3.8, 4) is 17.0 Å². The van der Waals surface area contributed by atoms with Crippen molar-refractivity contribution in [3.63, 3.8) is 0 Å². The lowest BCUT2D eigenvalue weighted by Gasteiger charge is -2.15. The number of aromatic nitrogens is 2. The van der Waals surface area contributed by atoms with E-state index < -0.39 is 4.92 Å². The summed E-state index contributed by atoms with van der Waals surface area (Å²) in [7, 11) is 1.60. The lowest BCUT2D eigenvalue weighted by molar-refractivity contribution is -0.385. The average molecular weight is 414 g/mol. The summed E-state index contributed by atoms with van der Waals surface area (Å²) in [6.45, 7) is 1.84. The van der Waals surface area contributed by atoms with E-state index in [1.165, 1.54) is 12.1 Å². The molecule has 2 aromatic carbocycles. The number of rotatable bonds is 5. The Labute approximate surface area is 177 Å². The van der Waals surface area contributed by atoms with Crippen LogP contribution < -0.4 is 10.1 Å². The molecule has 0 saturated carbocycles. The van der Waals surface area contributed by atoms with Gasteiger partial charge >= 0.3 is 0 Å². The molecule has 1 amide bonds. The average Bonchev–Trinajstić information content (AvgIpc) is 2.79. The van der Waals surface area contributed by atoms with Crippen LogP contribution in [0.2, 0.25) is 0 Å². The predicted molar refractivity (Wildman–Crippen MR) is 117 cm³/mol. The van der Waals surface area contributed by atoms with Gasteiger partial charge in [0.15, 0.2) is 0 Å². The molecule has 0 fully saturated rings. The Morgan fingerprint density at radius 3 is 2.45 bits per heavy atom. The maximum atomic E-state index is 13.2. The number of fused-ring (bicyclic) bond motifs is 1. The topological polar surface area (TPSA) is 107 Å². The molecule has 0 aliphatic carbocycles. The molecule has 0 bridgehead atoms. The number of nitrogens with zero attached hydrogens (tertiary/aromatic N) is 3. The van der Waals surface area contributed by atoms with Crippen LogP contribution in [-0.2, 0) is 0 Å². The number of carbonyl (C=O) groups is 1. The first-order valence-corrected chi connectivity index (χ1v) is 9.43. The maximum Gasteiger partial charge on any atom is 0.287 e. The van der Waals surface area contributed by atoms with Crippen molar-refractivity contribution < 1.29 is 14.5 Å². The Morgan fingerprint density at radius 1 is 1.06 bits per heavy atom. The minimum Gasteiger partial charge on any atom is -0.497 e. The minimum absolute atomic E-state index is 0.148. The third-order valence-corrected chi connectivity index (χ3v) is 4.93. The molecule has 154 valence electrons. The van der Waals surface area contributed by atoms with E-state index in [4.69, 9.17) is 9.72 Å². The molecule has 0 unspecified atom stereocenters. The van der Waals surface area contributed by atoms with Gasteiger partial charge in [-0.25, -0.2) is 9.97 Å². The smallest absolute Gasteiger partial charge is 0.287 e. The number of carbonyl (C=O) groups excluding carboxylic acids is 1. The zero-order chi connectivity index (χ0) is 22.0. The number of benzene rings is 2. The first-order chi connectivity index (χ1) is 15.0. The number of pyridine rings is 2. The summed E-state index contributed by atoms with van der Waals surface area (Å²) in [5.74, 6) is 0.582. The minimum atomic E-state index is -0.541. The van der Waals surface area contributed by atoms with Gasteiger partial charge in [-0.3, -0.25) is 14.9 Å². The first-order valence-electron chi connectivity index (χ1n) is 9.43. The summed E-state index contributed by atoms with van der Waals surface area (Å²) in [4.78, 5) is 32.2. The Bertz CT molecular complexity index is 1290. The van der Waals surface area contributed by atoms with Crippen LogP contribution in [0.1, 0.15) is 15.9 Å². The Hall–Kier alpha value is -4.33. The number of anilines is 1. The molecule has 31 heavy (non-hydrogen) atoms. The molecular weight excluding hydrogens is 396 g/mol. The second-order valence-electron chi connectivity index (χ2n) is 6.82. The van der Waals surface area contributed by atoms with E-state index in [1.54, 1.807) is 7.11 Å². The van der Waals surface area contributed by atoms with Gasteiger partial charge in [0.1, 0.15) is 17.8 Å². The van der Waals surface area contributed by atoms with Crippen LogP contribution in [0.25, 0.3) is 22.2 Å². The highest BCUT2D eigenvalue weighted by atomic mass is 16.6. The van der Waals surface area contributed by atoms with E-state index >= 15 is 0 Å².